The Bertz CT molecular complexity index is 466. The van der Waals surface area contributed by atoms with Gasteiger partial charge in [0.15, 0.2) is 0 Å². The monoisotopic (exact) mass is 423 g/mol. The first kappa shape index (κ1) is 14.3. The number of likely N-dealkylation sites (tertiary alicyclic amines) is 1. The number of hydrogen-bond acceptors (Lipinski definition) is 2. The minimum atomic E-state index is -0.282. The van der Waals surface area contributed by atoms with E-state index in [0.717, 1.165) is 13.6 Å². The summed E-state index contributed by atoms with van der Waals surface area (Å²) in [5.41, 5.74) is 0.730. The van der Waals surface area contributed by atoms with Gasteiger partial charge in [0.25, 0.3) is 5.91 Å². The van der Waals surface area contributed by atoms with Crippen molar-refractivity contribution in [2.24, 2.45) is 5.92 Å². The van der Waals surface area contributed by atoms with Gasteiger partial charge in [0, 0.05) is 21.1 Å². The van der Waals surface area contributed by atoms with Crippen LogP contribution in [-0.2, 0) is 0 Å². The van der Waals surface area contributed by atoms with Crippen molar-refractivity contribution in [3.05, 3.63) is 31.8 Å². The second-order valence-electron chi connectivity index (χ2n) is 4.71. The molecule has 18 heavy (non-hydrogen) atoms. The molecular formula is C13H15BrINO2. The second kappa shape index (κ2) is 5.88. The van der Waals surface area contributed by atoms with Crippen LogP contribution in [-0.4, -0.2) is 35.1 Å². The zero-order valence-electron chi connectivity index (χ0n) is 10.1. The summed E-state index contributed by atoms with van der Waals surface area (Å²) in [6.45, 7) is 3.24. The van der Waals surface area contributed by atoms with Crippen LogP contribution in [0.3, 0.4) is 0 Å². The van der Waals surface area contributed by atoms with Crippen molar-refractivity contribution in [1.82, 2.24) is 4.90 Å². The molecule has 1 saturated heterocycles. The predicted octanol–water partition coefficient (Wildman–Crippen LogP) is 2.90. The summed E-state index contributed by atoms with van der Waals surface area (Å²) in [4.78, 5) is 14.3. The van der Waals surface area contributed by atoms with E-state index in [1.165, 1.54) is 0 Å². The van der Waals surface area contributed by atoms with Gasteiger partial charge in [-0.25, -0.2) is 0 Å². The van der Waals surface area contributed by atoms with Gasteiger partial charge >= 0.3 is 0 Å². The highest BCUT2D eigenvalue weighted by Gasteiger charge is 2.28. The summed E-state index contributed by atoms with van der Waals surface area (Å²) in [6, 6.07) is 5.72. The highest BCUT2D eigenvalue weighted by atomic mass is 127. The molecule has 0 aromatic heterocycles. The molecule has 2 rings (SSSR count). The molecule has 0 saturated carbocycles. The van der Waals surface area contributed by atoms with Crippen molar-refractivity contribution in [2.45, 2.75) is 19.4 Å². The summed E-state index contributed by atoms with van der Waals surface area (Å²) in [6.07, 6.45) is 0.382. The van der Waals surface area contributed by atoms with Crippen LogP contribution < -0.4 is 0 Å². The molecule has 98 valence electrons. The lowest BCUT2D eigenvalue weighted by Gasteiger charge is -2.34. The molecule has 1 fully saturated rings. The van der Waals surface area contributed by atoms with E-state index >= 15 is 0 Å². The second-order valence-corrected chi connectivity index (χ2v) is 6.79. The average molecular weight is 424 g/mol. The van der Waals surface area contributed by atoms with E-state index in [0.29, 0.717) is 19.5 Å². The maximum atomic E-state index is 12.4. The highest BCUT2D eigenvalue weighted by molar-refractivity contribution is 14.1. The number of hydrogen-bond donors (Lipinski definition) is 1. The van der Waals surface area contributed by atoms with Crippen LogP contribution in [0.5, 0.6) is 0 Å². The van der Waals surface area contributed by atoms with Gasteiger partial charge < -0.3 is 10.0 Å². The van der Waals surface area contributed by atoms with Crippen LogP contribution >= 0.6 is 38.5 Å². The van der Waals surface area contributed by atoms with Crippen molar-refractivity contribution in [1.29, 1.82) is 0 Å². The number of rotatable bonds is 1. The number of halogens is 2. The van der Waals surface area contributed by atoms with Gasteiger partial charge in [-0.05, 0) is 53.1 Å². The maximum Gasteiger partial charge on any atom is 0.254 e. The largest absolute Gasteiger partial charge is 0.393 e. The Morgan fingerprint density at radius 1 is 1.56 bits per heavy atom. The molecule has 1 aliphatic rings. The van der Waals surface area contributed by atoms with Crippen LogP contribution in [0.2, 0.25) is 0 Å². The van der Waals surface area contributed by atoms with Crippen molar-refractivity contribution < 1.29 is 9.90 Å². The number of aliphatic hydroxyl groups is 1. The Hall–Kier alpha value is -0.140. The minimum absolute atomic E-state index is 0.0550. The summed E-state index contributed by atoms with van der Waals surface area (Å²) in [5, 5.41) is 9.70. The average Bonchev–Trinajstić information content (AvgIpc) is 2.35. The smallest absolute Gasteiger partial charge is 0.254 e. The third-order valence-electron chi connectivity index (χ3n) is 3.31. The van der Waals surface area contributed by atoms with Gasteiger partial charge in [0.2, 0.25) is 0 Å². The SMILES string of the molecule is CC1CN(C(=O)c2cc(Br)ccc2I)CCC1O. The summed E-state index contributed by atoms with van der Waals surface area (Å²) < 4.78 is 1.87. The lowest BCUT2D eigenvalue weighted by Crippen LogP contribution is -2.45. The van der Waals surface area contributed by atoms with Crippen molar-refractivity contribution in [3.8, 4) is 0 Å². The van der Waals surface area contributed by atoms with E-state index < -0.39 is 0 Å². The molecule has 1 heterocycles. The third kappa shape index (κ3) is 3.05. The van der Waals surface area contributed by atoms with E-state index in [4.69, 9.17) is 0 Å². The first-order valence-electron chi connectivity index (χ1n) is 5.91. The number of amides is 1. The number of nitrogens with zero attached hydrogens (tertiary/aromatic N) is 1. The zero-order valence-corrected chi connectivity index (χ0v) is 13.8. The number of benzene rings is 1. The number of carbonyl (C=O) groups excluding carboxylic acids is 1. The number of piperidine rings is 1. The minimum Gasteiger partial charge on any atom is -0.393 e. The molecule has 0 bridgehead atoms. The lowest BCUT2D eigenvalue weighted by molar-refractivity contribution is 0.0297. The van der Waals surface area contributed by atoms with E-state index in [1.54, 1.807) is 0 Å². The zero-order chi connectivity index (χ0) is 13.3. The van der Waals surface area contributed by atoms with Gasteiger partial charge in [0.05, 0.1) is 11.7 Å². The fraction of sp³-hybridized carbons (Fsp3) is 0.462. The van der Waals surface area contributed by atoms with Crippen LogP contribution in [0, 0.1) is 9.49 Å². The van der Waals surface area contributed by atoms with Gasteiger partial charge in [-0.15, -0.1) is 0 Å². The lowest BCUT2D eigenvalue weighted by atomic mass is 9.96. The summed E-state index contributed by atoms with van der Waals surface area (Å²) >= 11 is 5.58. The topological polar surface area (TPSA) is 40.5 Å². The van der Waals surface area contributed by atoms with E-state index in [2.05, 4.69) is 38.5 Å². The van der Waals surface area contributed by atoms with E-state index in [-0.39, 0.29) is 17.9 Å². The predicted molar refractivity (Wildman–Crippen MR) is 82.6 cm³/mol. The maximum absolute atomic E-state index is 12.4. The Balaban J connectivity index is 2.19. The summed E-state index contributed by atoms with van der Waals surface area (Å²) in [5.74, 6) is 0.201. The first-order valence-corrected chi connectivity index (χ1v) is 7.78. The summed E-state index contributed by atoms with van der Waals surface area (Å²) in [7, 11) is 0. The standard InChI is InChI=1S/C13H15BrINO2/c1-8-7-16(5-4-12(8)17)13(18)10-6-9(14)2-3-11(10)15/h2-3,6,8,12,17H,4-5,7H2,1H3. The number of aliphatic hydroxyl groups excluding tert-OH is 1. The molecule has 0 aliphatic carbocycles. The van der Waals surface area contributed by atoms with Crippen LogP contribution in [0.4, 0.5) is 0 Å². The normalized spacial score (nSPS) is 24.1. The molecule has 2 unspecified atom stereocenters. The molecule has 1 N–H and O–H groups in total. The van der Waals surface area contributed by atoms with Crippen molar-refractivity contribution in [2.75, 3.05) is 13.1 Å². The molecule has 2 atom stereocenters. The molecular weight excluding hydrogens is 409 g/mol. The number of carbonyl (C=O) groups is 1. The van der Waals surface area contributed by atoms with Crippen LogP contribution in [0.25, 0.3) is 0 Å². The quantitative estimate of drug-likeness (QED) is 0.705. The van der Waals surface area contributed by atoms with E-state index in [9.17, 15) is 9.90 Å². The highest BCUT2D eigenvalue weighted by Crippen LogP contribution is 2.23. The van der Waals surface area contributed by atoms with Gasteiger partial charge in [-0.2, -0.15) is 0 Å². The van der Waals surface area contributed by atoms with Gasteiger partial charge in [-0.1, -0.05) is 22.9 Å². The van der Waals surface area contributed by atoms with Crippen molar-refractivity contribution >= 4 is 44.4 Å². The fourth-order valence-corrected chi connectivity index (χ4v) is 3.08. The first-order chi connectivity index (χ1) is 8.49. The third-order valence-corrected chi connectivity index (χ3v) is 4.74. The molecule has 1 amide bonds. The van der Waals surface area contributed by atoms with Gasteiger partial charge in [-0.3, -0.25) is 4.79 Å². The van der Waals surface area contributed by atoms with Crippen LogP contribution in [0.15, 0.2) is 22.7 Å². The Labute approximate surface area is 129 Å². The Kier molecular flexibility index (Phi) is 4.66. The van der Waals surface area contributed by atoms with Crippen LogP contribution in [0.1, 0.15) is 23.7 Å². The Morgan fingerprint density at radius 2 is 2.28 bits per heavy atom. The molecule has 0 spiro atoms. The van der Waals surface area contributed by atoms with Gasteiger partial charge in [0.1, 0.15) is 0 Å². The van der Waals surface area contributed by atoms with E-state index in [1.807, 2.05) is 30.0 Å². The fourth-order valence-electron chi connectivity index (χ4n) is 2.15. The molecule has 0 radical (unpaired) electrons. The molecule has 5 heteroatoms. The molecule has 3 nitrogen and oxygen atoms in total. The Morgan fingerprint density at radius 3 is 2.94 bits per heavy atom. The molecule has 1 aliphatic heterocycles. The van der Waals surface area contributed by atoms with Crippen molar-refractivity contribution in [3.63, 3.8) is 0 Å². The molecule has 1 aromatic carbocycles. The molecule has 1 aromatic rings.